The van der Waals surface area contributed by atoms with Gasteiger partial charge in [0.2, 0.25) is 11.5 Å². The van der Waals surface area contributed by atoms with Crippen molar-refractivity contribution in [1.29, 1.82) is 0 Å². The van der Waals surface area contributed by atoms with Gasteiger partial charge >= 0.3 is 5.97 Å². The Morgan fingerprint density at radius 2 is 2.11 bits per heavy atom. The molecule has 0 aliphatic rings. The number of nitrogens with one attached hydrogen (secondary N) is 1. The molecule has 1 atom stereocenters. The molecule has 1 rings (SSSR count). The molecule has 0 fully saturated rings. The summed E-state index contributed by atoms with van der Waals surface area (Å²) >= 11 is 0. The summed E-state index contributed by atoms with van der Waals surface area (Å²) in [7, 11) is 0. The lowest BCUT2D eigenvalue weighted by atomic mass is 9.97. The minimum absolute atomic E-state index is 0.0125. The van der Waals surface area contributed by atoms with Crippen LogP contribution in [-0.4, -0.2) is 33.8 Å². The van der Waals surface area contributed by atoms with Gasteiger partial charge in [-0.25, -0.2) is 4.63 Å². The molecular weight excluding hydrogens is 240 g/mol. The number of carbonyl (C=O) groups excluding carboxylic acids is 1. The molecule has 18 heavy (non-hydrogen) atoms. The zero-order valence-electron chi connectivity index (χ0n) is 10.2. The molecule has 8 nitrogen and oxygen atoms in total. The number of nitrogen functional groups attached to an aromatic ring is 1. The number of nitrogens with two attached hydrogens (primary N) is 1. The molecule has 0 bridgehead atoms. The van der Waals surface area contributed by atoms with Crippen LogP contribution in [0, 0.1) is 11.8 Å². The van der Waals surface area contributed by atoms with Crippen LogP contribution in [0.1, 0.15) is 30.8 Å². The van der Waals surface area contributed by atoms with E-state index in [1.807, 2.05) is 13.8 Å². The second kappa shape index (κ2) is 5.99. The van der Waals surface area contributed by atoms with Gasteiger partial charge in [0.05, 0.1) is 5.92 Å². The molecule has 0 aliphatic heterocycles. The van der Waals surface area contributed by atoms with E-state index in [0.29, 0.717) is 6.42 Å². The standard InChI is InChI=1S/C10H16N4O4/c1-5(2)3-6(10(16)17)4-12-9(15)7-8(11)14-18-13-7/h5-6H,3-4H2,1-2H3,(H2,11,14)(H,12,15)(H,16,17). The molecule has 1 heterocycles. The highest BCUT2D eigenvalue weighted by molar-refractivity contribution is 5.96. The second-order valence-corrected chi connectivity index (χ2v) is 4.37. The fraction of sp³-hybridized carbons (Fsp3) is 0.600. The lowest BCUT2D eigenvalue weighted by molar-refractivity contribution is -0.142. The van der Waals surface area contributed by atoms with Crippen molar-refractivity contribution in [1.82, 2.24) is 15.6 Å². The second-order valence-electron chi connectivity index (χ2n) is 4.37. The first kappa shape index (κ1) is 13.9. The Morgan fingerprint density at radius 3 is 2.56 bits per heavy atom. The summed E-state index contributed by atoms with van der Waals surface area (Å²) in [4.78, 5) is 22.6. The van der Waals surface area contributed by atoms with Crippen molar-refractivity contribution >= 4 is 17.7 Å². The Labute approximate surface area is 103 Å². The van der Waals surface area contributed by atoms with E-state index in [4.69, 9.17) is 10.8 Å². The van der Waals surface area contributed by atoms with Gasteiger partial charge in [-0.3, -0.25) is 9.59 Å². The van der Waals surface area contributed by atoms with Crippen LogP contribution < -0.4 is 11.1 Å². The van der Waals surface area contributed by atoms with Crippen molar-refractivity contribution in [3.05, 3.63) is 5.69 Å². The zero-order valence-corrected chi connectivity index (χ0v) is 10.2. The summed E-state index contributed by atoms with van der Waals surface area (Å²) in [6.45, 7) is 3.84. The van der Waals surface area contributed by atoms with Crippen LogP contribution in [0.15, 0.2) is 4.63 Å². The topological polar surface area (TPSA) is 131 Å². The van der Waals surface area contributed by atoms with Gasteiger partial charge in [-0.05, 0) is 22.7 Å². The Bertz CT molecular complexity index is 429. The number of nitrogens with zero attached hydrogens (tertiary/aromatic N) is 2. The maximum Gasteiger partial charge on any atom is 0.308 e. The molecule has 1 aromatic rings. The van der Waals surface area contributed by atoms with Crippen LogP contribution >= 0.6 is 0 Å². The number of amides is 1. The number of rotatable bonds is 6. The summed E-state index contributed by atoms with van der Waals surface area (Å²) in [6.07, 6.45) is 0.474. The molecule has 100 valence electrons. The summed E-state index contributed by atoms with van der Waals surface area (Å²) in [5.74, 6) is -2.08. The predicted octanol–water partition coefficient (Wildman–Crippen LogP) is 0.129. The van der Waals surface area contributed by atoms with Crippen LogP contribution in [-0.2, 0) is 4.79 Å². The Balaban J connectivity index is 2.55. The number of carbonyl (C=O) groups is 2. The number of anilines is 1. The first-order valence-electron chi connectivity index (χ1n) is 5.50. The minimum atomic E-state index is -0.949. The maximum absolute atomic E-state index is 11.6. The van der Waals surface area contributed by atoms with Crippen LogP contribution in [0.25, 0.3) is 0 Å². The molecule has 1 aromatic heterocycles. The average Bonchev–Trinajstić information content (AvgIpc) is 2.69. The van der Waals surface area contributed by atoms with Crippen LogP contribution in [0.5, 0.6) is 0 Å². The molecule has 1 amide bonds. The van der Waals surface area contributed by atoms with E-state index in [9.17, 15) is 9.59 Å². The lowest BCUT2D eigenvalue weighted by Crippen LogP contribution is -2.34. The number of aromatic nitrogens is 2. The first-order valence-corrected chi connectivity index (χ1v) is 5.50. The normalized spacial score (nSPS) is 12.4. The molecule has 0 aromatic carbocycles. The monoisotopic (exact) mass is 256 g/mol. The van der Waals surface area contributed by atoms with E-state index in [0.717, 1.165) is 0 Å². The van der Waals surface area contributed by atoms with Crippen LogP contribution in [0.4, 0.5) is 5.82 Å². The van der Waals surface area contributed by atoms with E-state index in [1.165, 1.54) is 0 Å². The molecular formula is C10H16N4O4. The SMILES string of the molecule is CC(C)CC(CNC(=O)c1nonc1N)C(=O)O. The number of hydrogen-bond acceptors (Lipinski definition) is 6. The van der Waals surface area contributed by atoms with Crippen LogP contribution in [0.2, 0.25) is 0 Å². The fourth-order valence-electron chi connectivity index (χ4n) is 1.49. The number of aliphatic carboxylic acids is 1. The molecule has 0 aliphatic carbocycles. The summed E-state index contributed by atoms with van der Waals surface area (Å²) in [5.41, 5.74) is 5.21. The van der Waals surface area contributed by atoms with Crippen molar-refractivity contribution in [2.24, 2.45) is 11.8 Å². The molecule has 0 radical (unpaired) electrons. The van der Waals surface area contributed by atoms with Gasteiger partial charge in [-0.1, -0.05) is 13.8 Å². The van der Waals surface area contributed by atoms with Gasteiger partial charge in [0.25, 0.3) is 5.91 Å². The Morgan fingerprint density at radius 1 is 1.44 bits per heavy atom. The third-order valence-corrected chi connectivity index (χ3v) is 2.34. The van der Waals surface area contributed by atoms with Gasteiger partial charge < -0.3 is 16.2 Å². The molecule has 0 saturated heterocycles. The highest BCUT2D eigenvalue weighted by Crippen LogP contribution is 2.11. The molecule has 0 saturated carbocycles. The average molecular weight is 256 g/mol. The van der Waals surface area contributed by atoms with E-state index < -0.39 is 17.8 Å². The number of carboxylic acids is 1. The smallest absolute Gasteiger partial charge is 0.308 e. The van der Waals surface area contributed by atoms with E-state index in [1.54, 1.807) is 0 Å². The molecule has 4 N–H and O–H groups in total. The Hall–Kier alpha value is -2.12. The third-order valence-electron chi connectivity index (χ3n) is 2.34. The summed E-state index contributed by atoms with van der Waals surface area (Å²) < 4.78 is 4.28. The number of carboxylic acid groups (broad SMARTS) is 1. The largest absolute Gasteiger partial charge is 0.481 e. The lowest BCUT2D eigenvalue weighted by Gasteiger charge is -2.14. The maximum atomic E-state index is 11.6. The van der Waals surface area contributed by atoms with Gasteiger partial charge in [-0.15, -0.1) is 0 Å². The molecule has 1 unspecified atom stereocenters. The van der Waals surface area contributed by atoms with Gasteiger partial charge in [0.15, 0.2) is 0 Å². The van der Waals surface area contributed by atoms with Crippen molar-refractivity contribution in [2.45, 2.75) is 20.3 Å². The summed E-state index contributed by atoms with van der Waals surface area (Å²) in [6, 6.07) is 0. The zero-order chi connectivity index (χ0) is 13.7. The van der Waals surface area contributed by atoms with Crippen molar-refractivity contribution < 1.29 is 19.3 Å². The molecule has 8 heteroatoms. The van der Waals surface area contributed by atoms with Crippen molar-refractivity contribution in [3.63, 3.8) is 0 Å². The van der Waals surface area contributed by atoms with Crippen molar-refractivity contribution in [3.8, 4) is 0 Å². The Kier molecular flexibility index (Phi) is 4.64. The molecule has 0 spiro atoms. The minimum Gasteiger partial charge on any atom is -0.481 e. The first-order chi connectivity index (χ1) is 8.41. The number of hydrogen-bond donors (Lipinski definition) is 3. The fourth-order valence-corrected chi connectivity index (χ4v) is 1.49. The third kappa shape index (κ3) is 3.72. The van der Waals surface area contributed by atoms with Gasteiger partial charge in [-0.2, -0.15) is 0 Å². The van der Waals surface area contributed by atoms with E-state index in [2.05, 4.69) is 20.3 Å². The van der Waals surface area contributed by atoms with Crippen molar-refractivity contribution in [2.75, 3.05) is 12.3 Å². The van der Waals surface area contributed by atoms with Gasteiger partial charge in [0.1, 0.15) is 0 Å². The van der Waals surface area contributed by atoms with Gasteiger partial charge in [0, 0.05) is 6.54 Å². The summed E-state index contributed by atoms with van der Waals surface area (Å²) in [5, 5.41) is 18.0. The van der Waals surface area contributed by atoms with Crippen LogP contribution in [0.3, 0.4) is 0 Å². The van der Waals surface area contributed by atoms with E-state index >= 15 is 0 Å². The highest BCUT2D eigenvalue weighted by atomic mass is 16.6. The quantitative estimate of drug-likeness (QED) is 0.659. The predicted molar refractivity (Wildman–Crippen MR) is 61.6 cm³/mol. The van der Waals surface area contributed by atoms with E-state index in [-0.39, 0.29) is 24.0 Å². The highest BCUT2D eigenvalue weighted by Gasteiger charge is 2.22.